The van der Waals surface area contributed by atoms with Crippen molar-refractivity contribution in [3.63, 3.8) is 0 Å². The lowest BCUT2D eigenvalue weighted by molar-refractivity contribution is -0.137. The molecule has 11 heteroatoms. The first-order valence-corrected chi connectivity index (χ1v) is 11.0. The molecule has 0 bridgehead atoms. The van der Waals surface area contributed by atoms with Gasteiger partial charge in [0.05, 0.1) is 29.0 Å². The van der Waals surface area contributed by atoms with Crippen molar-refractivity contribution in [3.05, 3.63) is 71.2 Å². The fourth-order valence-electron chi connectivity index (χ4n) is 4.25. The second-order valence-corrected chi connectivity index (χ2v) is 8.27. The van der Waals surface area contributed by atoms with Crippen molar-refractivity contribution in [2.24, 2.45) is 7.05 Å². The number of halogens is 3. The number of hydrogen-bond donors (Lipinski definition) is 1. The van der Waals surface area contributed by atoms with Crippen molar-refractivity contribution in [1.29, 1.82) is 0 Å². The third kappa shape index (κ3) is 3.92. The van der Waals surface area contributed by atoms with Gasteiger partial charge in [-0.2, -0.15) is 18.3 Å². The Labute approximate surface area is 197 Å². The zero-order valence-electron chi connectivity index (χ0n) is 19.3. The van der Waals surface area contributed by atoms with Crippen LogP contribution in [0.25, 0.3) is 27.6 Å². The van der Waals surface area contributed by atoms with Crippen LogP contribution < -0.4 is 5.32 Å². The van der Waals surface area contributed by atoms with Crippen LogP contribution in [0.15, 0.2) is 48.7 Å². The van der Waals surface area contributed by atoms with E-state index < -0.39 is 11.7 Å². The monoisotopic (exact) mass is 481 g/mol. The maximum Gasteiger partial charge on any atom is 0.416 e. The molecule has 0 atom stereocenters. The van der Waals surface area contributed by atoms with Crippen molar-refractivity contribution in [2.45, 2.75) is 33.1 Å². The zero-order chi connectivity index (χ0) is 24.9. The number of aryl methyl sites for hydroxylation is 3. The minimum Gasteiger partial charge on any atom is -0.346 e. The number of carbonyl (C=O) groups is 1. The van der Waals surface area contributed by atoms with E-state index >= 15 is 0 Å². The summed E-state index contributed by atoms with van der Waals surface area (Å²) in [4.78, 5) is 12.9. The summed E-state index contributed by atoms with van der Waals surface area (Å²) >= 11 is 0. The topological polar surface area (TPSA) is 82.6 Å². The van der Waals surface area contributed by atoms with Crippen LogP contribution in [0.1, 0.15) is 34.2 Å². The average Bonchev–Trinajstić information content (AvgIpc) is 3.47. The maximum absolute atomic E-state index is 13.0. The summed E-state index contributed by atoms with van der Waals surface area (Å²) in [6, 6.07) is 10.2. The van der Waals surface area contributed by atoms with Gasteiger partial charge in [-0.25, -0.2) is 4.68 Å². The highest BCUT2D eigenvalue weighted by Gasteiger charge is 2.30. The van der Waals surface area contributed by atoms with E-state index in [9.17, 15) is 18.0 Å². The molecule has 0 radical (unpaired) electrons. The summed E-state index contributed by atoms with van der Waals surface area (Å²) in [5, 5.41) is 17.1. The lowest BCUT2D eigenvalue weighted by atomic mass is 10.1. The van der Waals surface area contributed by atoms with Crippen LogP contribution >= 0.6 is 0 Å². The molecule has 1 N–H and O–H groups in total. The van der Waals surface area contributed by atoms with Crippen molar-refractivity contribution >= 4 is 27.8 Å². The number of benzene rings is 2. The minimum absolute atomic E-state index is 0.255. The summed E-state index contributed by atoms with van der Waals surface area (Å²) in [5.41, 5.74) is 3.21. The summed E-state index contributed by atoms with van der Waals surface area (Å²) < 4.78 is 44.3. The molecule has 5 aromatic rings. The molecule has 3 heterocycles. The fraction of sp³-hybridized carbons (Fsp3) is 0.250. The molecular formula is C24H22F3N7O. The number of nitrogens with one attached hydrogen (secondary N) is 1. The molecule has 180 valence electrons. The first-order chi connectivity index (χ1) is 16.7. The van der Waals surface area contributed by atoms with Gasteiger partial charge in [0.2, 0.25) is 0 Å². The Kier molecular flexibility index (Phi) is 5.34. The zero-order valence-corrected chi connectivity index (χ0v) is 19.3. The molecule has 0 unspecified atom stereocenters. The van der Waals surface area contributed by atoms with Crippen molar-refractivity contribution in [1.82, 2.24) is 34.7 Å². The van der Waals surface area contributed by atoms with E-state index in [1.165, 1.54) is 12.1 Å². The van der Waals surface area contributed by atoms with Crippen LogP contribution in [-0.2, 0) is 26.3 Å². The Morgan fingerprint density at radius 2 is 1.83 bits per heavy atom. The minimum atomic E-state index is -4.41. The van der Waals surface area contributed by atoms with Gasteiger partial charge in [-0.3, -0.25) is 14.0 Å². The third-order valence-electron chi connectivity index (χ3n) is 6.01. The van der Waals surface area contributed by atoms with Crippen LogP contribution in [0.5, 0.6) is 0 Å². The molecule has 1 amide bonds. The highest BCUT2D eigenvalue weighted by molar-refractivity contribution is 6.10. The lowest BCUT2D eigenvalue weighted by Gasteiger charge is -2.10. The number of alkyl halides is 3. The number of aromatic nitrogens is 6. The van der Waals surface area contributed by atoms with Gasteiger partial charge in [0.15, 0.2) is 5.65 Å². The van der Waals surface area contributed by atoms with Crippen molar-refractivity contribution in [3.8, 4) is 5.69 Å². The molecule has 3 aromatic heterocycles. The van der Waals surface area contributed by atoms with Gasteiger partial charge < -0.3 is 5.32 Å². The van der Waals surface area contributed by atoms with Gasteiger partial charge in [0.25, 0.3) is 5.91 Å². The van der Waals surface area contributed by atoms with Gasteiger partial charge in [-0.15, -0.1) is 5.10 Å². The first kappa shape index (κ1) is 22.6. The average molecular weight is 481 g/mol. The van der Waals surface area contributed by atoms with Crippen molar-refractivity contribution in [2.75, 3.05) is 0 Å². The number of carbonyl (C=O) groups excluding carboxylic acids is 1. The highest BCUT2D eigenvalue weighted by Crippen LogP contribution is 2.34. The third-order valence-corrected chi connectivity index (χ3v) is 6.01. The lowest BCUT2D eigenvalue weighted by Crippen LogP contribution is -2.24. The summed E-state index contributed by atoms with van der Waals surface area (Å²) in [7, 11) is 1.77. The Balaban J connectivity index is 1.53. The number of fused-ring (bicyclic) bond motifs is 3. The number of rotatable bonds is 5. The Morgan fingerprint density at radius 1 is 1.09 bits per heavy atom. The van der Waals surface area contributed by atoms with Gasteiger partial charge in [0.1, 0.15) is 0 Å². The Morgan fingerprint density at radius 3 is 2.51 bits per heavy atom. The van der Waals surface area contributed by atoms with E-state index in [4.69, 9.17) is 0 Å². The predicted octanol–water partition coefficient (Wildman–Crippen LogP) is 4.39. The number of nitrogens with zero attached hydrogens (tertiary/aromatic N) is 6. The van der Waals surface area contributed by atoms with Crippen molar-refractivity contribution < 1.29 is 18.0 Å². The molecule has 35 heavy (non-hydrogen) atoms. The molecule has 0 saturated carbocycles. The van der Waals surface area contributed by atoms with Crippen LogP contribution in [-0.4, -0.2) is 35.2 Å². The van der Waals surface area contributed by atoms with Crippen LogP contribution in [0, 0.1) is 6.92 Å². The van der Waals surface area contributed by atoms with E-state index in [2.05, 4.69) is 20.7 Å². The van der Waals surface area contributed by atoms with Gasteiger partial charge in [-0.05, 0) is 56.3 Å². The molecule has 0 spiro atoms. The molecule has 5 rings (SSSR count). The fourth-order valence-corrected chi connectivity index (χ4v) is 4.25. The smallest absolute Gasteiger partial charge is 0.346 e. The summed E-state index contributed by atoms with van der Waals surface area (Å²) in [6.45, 7) is 4.73. The highest BCUT2D eigenvalue weighted by atomic mass is 19.4. The van der Waals surface area contributed by atoms with E-state index in [0.717, 1.165) is 39.8 Å². The largest absolute Gasteiger partial charge is 0.416 e. The molecular weight excluding hydrogens is 459 g/mol. The second-order valence-electron chi connectivity index (χ2n) is 8.27. The van der Waals surface area contributed by atoms with Gasteiger partial charge in [-0.1, -0.05) is 5.21 Å². The van der Waals surface area contributed by atoms with E-state index in [1.54, 1.807) is 39.2 Å². The molecule has 8 nitrogen and oxygen atoms in total. The SMILES string of the molecule is CCn1nnc(C)c1CNC(=O)c1ccc2c(c1)c1cn(C)nc1n2-c1ccc(C(F)(F)F)cc1. The molecule has 0 aliphatic rings. The molecule has 0 aliphatic carbocycles. The molecule has 2 aromatic carbocycles. The quantitative estimate of drug-likeness (QED) is 0.404. The van der Waals surface area contributed by atoms with E-state index in [1.807, 2.05) is 20.0 Å². The van der Waals surface area contributed by atoms with Crippen LogP contribution in [0.2, 0.25) is 0 Å². The van der Waals surface area contributed by atoms with E-state index in [0.29, 0.717) is 30.0 Å². The number of amides is 1. The van der Waals surface area contributed by atoms with Gasteiger partial charge in [0, 0.05) is 41.8 Å². The standard InChI is InChI=1S/C24H22F3N7O/c1-4-33-21(14(2)29-31-33)12-28-23(35)15-5-10-20-18(11-15)19-13-32(3)30-22(19)34(20)17-8-6-16(7-9-17)24(25,26)27/h5-11,13H,4,12H2,1-3H3,(H,28,35). The Hall–Kier alpha value is -4.15. The predicted molar refractivity (Wildman–Crippen MR) is 124 cm³/mol. The second kappa shape index (κ2) is 8.26. The molecule has 0 saturated heterocycles. The summed E-state index contributed by atoms with van der Waals surface area (Å²) in [5.74, 6) is -0.255. The van der Waals surface area contributed by atoms with E-state index in [-0.39, 0.29) is 5.91 Å². The van der Waals surface area contributed by atoms with Crippen LogP contribution in [0.3, 0.4) is 0 Å². The summed E-state index contributed by atoms with van der Waals surface area (Å²) in [6.07, 6.45) is -2.59. The van der Waals surface area contributed by atoms with Crippen LogP contribution in [0.4, 0.5) is 13.2 Å². The molecule has 0 fully saturated rings. The first-order valence-electron chi connectivity index (χ1n) is 11.0. The molecule has 0 aliphatic heterocycles. The maximum atomic E-state index is 13.0. The normalized spacial score (nSPS) is 12.1. The van der Waals surface area contributed by atoms with Gasteiger partial charge >= 0.3 is 6.18 Å². The number of hydrogen-bond acceptors (Lipinski definition) is 4. The Bertz CT molecular complexity index is 1560.